The molecule has 20 heavy (non-hydrogen) atoms. The van der Waals surface area contributed by atoms with Crippen LogP contribution in [0.5, 0.6) is 0 Å². The van der Waals surface area contributed by atoms with E-state index in [2.05, 4.69) is 27.8 Å². The molecule has 3 rings (SSSR count). The van der Waals surface area contributed by atoms with Crippen molar-refractivity contribution in [3.8, 4) is 0 Å². The van der Waals surface area contributed by atoms with Crippen molar-refractivity contribution in [1.82, 2.24) is 4.98 Å². The van der Waals surface area contributed by atoms with Gasteiger partial charge in [0.05, 0.1) is 5.69 Å². The third-order valence-corrected chi connectivity index (χ3v) is 3.27. The first-order chi connectivity index (χ1) is 9.72. The SMILES string of the molecule is O=[N+]([O-])c1ccc(Nc2ccc3c(c2)CCCN3)cn1. The molecular weight excluding hydrogens is 256 g/mol. The second-order valence-electron chi connectivity index (χ2n) is 4.69. The van der Waals surface area contributed by atoms with E-state index in [-0.39, 0.29) is 5.82 Å². The minimum Gasteiger partial charge on any atom is -0.385 e. The van der Waals surface area contributed by atoms with Crippen molar-refractivity contribution < 1.29 is 4.92 Å². The standard InChI is InChI=1S/C14H14N4O2/c19-18(20)14-6-4-12(9-16-14)17-11-3-5-13-10(8-11)2-1-7-15-13/h3-6,8-9,15,17H,1-2,7H2. The van der Waals surface area contributed by atoms with E-state index in [0.29, 0.717) is 0 Å². The van der Waals surface area contributed by atoms with Gasteiger partial charge in [-0.05, 0) is 52.6 Å². The number of benzene rings is 1. The summed E-state index contributed by atoms with van der Waals surface area (Å²) in [4.78, 5) is 13.8. The van der Waals surface area contributed by atoms with Crippen molar-refractivity contribution in [2.24, 2.45) is 0 Å². The van der Waals surface area contributed by atoms with Crippen molar-refractivity contribution in [3.05, 3.63) is 52.2 Å². The van der Waals surface area contributed by atoms with Gasteiger partial charge < -0.3 is 20.7 Å². The van der Waals surface area contributed by atoms with E-state index < -0.39 is 4.92 Å². The molecule has 6 heteroatoms. The maximum Gasteiger partial charge on any atom is 0.363 e. The number of hydrogen-bond acceptors (Lipinski definition) is 5. The number of aryl methyl sites for hydroxylation is 1. The summed E-state index contributed by atoms with van der Waals surface area (Å²) in [5.41, 5.74) is 4.17. The molecule has 0 saturated heterocycles. The van der Waals surface area contributed by atoms with Gasteiger partial charge in [-0.15, -0.1) is 0 Å². The fraction of sp³-hybridized carbons (Fsp3) is 0.214. The number of aromatic nitrogens is 1. The van der Waals surface area contributed by atoms with Crippen LogP contribution in [-0.2, 0) is 6.42 Å². The van der Waals surface area contributed by atoms with E-state index in [0.717, 1.165) is 30.8 Å². The first-order valence-corrected chi connectivity index (χ1v) is 6.47. The van der Waals surface area contributed by atoms with Crippen molar-refractivity contribution in [1.29, 1.82) is 0 Å². The number of pyridine rings is 1. The highest BCUT2D eigenvalue weighted by Gasteiger charge is 2.10. The van der Waals surface area contributed by atoms with E-state index in [1.54, 1.807) is 6.07 Å². The maximum absolute atomic E-state index is 10.5. The van der Waals surface area contributed by atoms with Gasteiger partial charge in [0.1, 0.15) is 0 Å². The van der Waals surface area contributed by atoms with Crippen LogP contribution in [0.15, 0.2) is 36.5 Å². The summed E-state index contributed by atoms with van der Waals surface area (Å²) in [6.07, 6.45) is 3.67. The summed E-state index contributed by atoms with van der Waals surface area (Å²) in [5, 5.41) is 17.1. The minimum atomic E-state index is -0.506. The van der Waals surface area contributed by atoms with Crippen LogP contribution in [0, 0.1) is 10.1 Å². The van der Waals surface area contributed by atoms with Gasteiger partial charge in [-0.25, -0.2) is 0 Å². The molecule has 0 bridgehead atoms. The Kier molecular flexibility index (Phi) is 3.20. The van der Waals surface area contributed by atoms with Gasteiger partial charge in [0.2, 0.25) is 0 Å². The van der Waals surface area contributed by atoms with Crippen LogP contribution < -0.4 is 10.6 Å². The second-order valence-corrected chi connectivity index (χ2v) is 4.69. The fourth-order valence-electron chi connectivity index (χ4n) is 2.29. The van der Waals surface area contributed by atoms with Crippen LogP contribution in [0.3, 0.4) is 0 Å². The van der Waals surface area contributed by atoms with Gasteiger partial charge in [-0.1, -0.05) is 0 Å². The Bertz CT molecular complexity index is 640. The van der Waals surface area contributed by atoms with Gasteiger partial charge in [-0.3, -0.25) is 0 Å². The molecule has 1 aliphatic rings. The molecule has 0 saturated carbocycles. The lowest BCUT2D eigenvalue weighted by atomic mass is 10.0. The largest absolute Gasteiger partial charge is 0.385 e. The highest BCUT2D eigenvalue weighted by Crippen LogP contribution is 2.27. The summed E-state index contributed by atoms with van der Waals surface area (Å²) in [5.74, 6) is -0.148. The number of hydrogen-bond donors (Lipinski definition) is 2. The molecule has 1 aromatic heterocycles. The summed E-state index contributed by atoms with van der Waals surface area (Å²) >= 11 is 0. The van der Waals surface area contributed by atoms with Gasteiger partial charge in [0, 0.05) is 24.0 Å². The summed E-state index contributed by atoms with van der Waals surface area (Å²) in [6, 6.07) is 9.18. The molecule has 2 N–H and O–H groups in total. The number of nitrogens with one attached hydrogen (secondary N) is 2. The molecule has 0 atom stereocenters. The number of nitrogens with zero attached hydrogens (tertiary/aromatic N) is 2. The molecule has 0 spiro atoms. The lowest BCUT2D eigenvalue weighted by molar-refractivity contribution is -0.389. The summed E-state index contributed by atoms with van der Waals surface area (Å²) < 4.78 is 0. The maximum atomic E-state index is 10.5. The van der Waals surface area contributed by atoms with Crippen LogP contribution in [0.2, 0.25) is 0 Å². The molecule has 6 nitrogen and oxygen atoms in total. The Morgan fingerprint density at radius 2 is 2.10 bits per heavy atom. The van der Waals surface area contributed by atoms with Crippen LogP contribution in [-0.4, -0.2) is 16.5 Å². The Labute approximate surface area is 116 Å². The van der Waals surface area contributed by atoms with Crippen molar-refractivity contribution in [2.45, 2.75) is 12.8 Å². The molecular formula is C14H14N4O2. The van der Waals surface area contributed by atoms with Crippen LogP contribution in [0.4, 0.5) is 22.9 Å². The van der Waals surface area contributed by atoms with Crippen molar-refractivity contribution in [3.63, 3.8) is 0 Å². The summed E-state index contributed by atoms with van der Waals surface area (Å²) in [7, 11) is 0. The molecule has 102 valence electrons. The average Bonchev–Trinajstić information content (AvgIpc) is 2.48. The Balaban J connectivity index is 1.78. The number of fused-ring (bicyclic) bond motifs is 1. The molecule has 1 aromatic carbocycles. The zero-order valence-corrected chi connectivity index (χ0v) is 10.8. The van der Waals surface area contributed by atoms with E-state index in [1.807, 2.05) is 6.07 Å². The molecule has 0 fully saturated rings. The summed E-state index contributed by atoms with van der Waals surface area (Å²) in [6.45, 7) is 1.02. The number of rotatable bonds is 3. The Morgan fingerprint density at radius 3 is 2.85 bits per heavy atom. The molecule has 0 aliphatic carbocycles. The quantitative estimate of drug-likeness (QED) is 0.661. The fourth-order valence-corrected chi connectivity index (χ4v) is 2.29. The van der Waals surface area contributed by atoms with Crippen LogP contribution in [0.25, 0.3) is 0 Å². The monoisotopic (exact) mass is 270 g/mol. The van der Waals surface area contributed by atoms with E-state index in [4.69, 9.17) is 0 Å². The molecule has 0 radical (unpaired) electrons. The van der Waals surface area contributed by atoms with E-state index in [1.165, 1.54) is 23.5 Å². The predicted octanol–water partition coefficient (Wildman–Crippen LogP) is 3.09. The van der Waals surface area contributed by atoms with Crippen LogP contribution >= 0.6 is 0 Å². The predicted molar refractivity (Wildman–Crippen MR) is 77.4 cm³/mol. The average molecular weight is 270 g/mol. The molecule has 2 heterocycles. The first-order valence-electron chi connectivity index (χ1n) is 6.47. The van der Waals surface area contributed by atoms with Gasteiger partial charge >= 0.3 is 5.82 Å². The van der Waals surface area contributed by atoms with E-state index >= 15 is 0 Å². The third-order valence-electron chi connectivity index (χ3n) is 3.27. The van der Waals surface area contributed by atoms with Gasteiger partial charge in [-0.2, -0.15) is 0 Å². The zero-order chi connectivity index (χ0) is 13.9. The topological polar surface area (TPSA) is 80.1 Å². The molecule has 2 aromatic rings. The number of nitro groups is 1. The highest BCUT2D eigenvalue weighted by molar-refractivity contribution is 5.66. The third kappa shape index (κ3) is 2.54. The van der Waals surface area contributed by atoms with Gasteiger partial charge in [0.15, 0.2) is 6.20 Å². The van der Waals surface area contributed by atoms with Crippen molar-refractivity contribution >= 4 is 22.9 Å². The molecule has 0 unspecified atom stereocenters. The smallest absolute Gasteiger partial charge is 0.363 e. The van der Waals surface area contributed by atoms with Crippen molar-refractivity contribution in [2.75, 3.05) is 17.2 Å². The zero-order valence-electron chi connectivity index (χ0n) is 10.8. The Morgan fingerprint density at radius 1 is 1.25 bits per heavy atom. The lowest BCUT2D eigenvalue weighted by Crippen LogP contribution is -2.11. The lowest BCUT2D eigenvalue weighted by Gasteiger charge is -2.18. The highest BCUT2D eigenvalue weighted by atomic mass is 16.6. The second kappa shape index (κ2) is 5.16. The Hall–Kier alpha value is -2.63. The molecule has 1 aliphatic heterocycles. The van der Waals surface area contributed by atoms with Gasteiger partial charge in [0.25, 0.3) is 0 Å². The number of anilines is 3. The first kappa shape index (κ1) is 12.4. The minimum absolute atomic E-state index is 0.148. The van der Waals surface area contributed by atoms with E-state index in [9.17, 15) is 10.1 Å². The van der Waals surface area contributed by atoms with Crippen LogP contribution in [0.1, 0.15) is 12.0 Å². The molecule has 0 amide bonds. The normalized spacial score (nSPS) is 13.2.